The van der Waals surface area contributed by atoms with Gasteiger partial charge < -0.3 is 14.9 Å². The zero-order valence-corrected chi connectivity index (χ0v) is 16.0. The molecule has 3 rings (SSSR count). The molecule has 1 aliphatic rings. The van der Waals surface area contributed by atoms with Crippen LogP contribution in [-0.2, 0) is 21.4 Å². The minimum absolute atomic E-state index is 0.101. The van der Waals surface area contributed by atoms with Gasteiger partial charge in [-0.2, -0.15) is 4.31 Å². The quantitative estimate of drug-likeness (QED) is 0.398. The molecule has 2 aromatic rings. The lowest BCUT2D eigenvalue weighted by Gasteiger charge is -2.36. The molecule has 0 aliphatic carbocycles. The first-order chi connectivity index (χ1) is 13.2. The molecule has 28 heavy (non-hydrogen) atoms. The van der Waals surface area contributed by atoms with E-state index in [4.69, 9.17) is 15.1 Å². The maximum atomic E-state index is 13.1. The minimum Gasteiger partial charge on any atom is -0.497 e. The van der Waals surface area contributed by atoms with Crippen LogP contribution in [0.15, 0.2) is 35.2 Å². The number of carboxylic acids is 1. The van der Waals surface area contributed by atoms with Gasteiger partial charge in [0.1, 0.15) is 22.8 Å². The van der Waals surface area contributed by atoms with Crippen LogP contribution in [0.4, 0.5) is 0 Å². The van der Waals surface area contributed by atoms with E-state index in [0.29, 0.717) is 5.75 Å². The van der Waals surface area contributed by atoms with Gasteiger partial charge in [-0.05, 0) is 35.9 Å². The Labute approximate surface area is 163 Å². The lowest BCUT2D eigenvalue weighted by atomic mass is 10.0. The fraction of sp³-hybridized carbons (Fsp3) is 0.250. The van der Waals surface area contributed by atoms with E-state index < -0.39 is 34.0 Å². The monoisotopic (exact) mass is 428 g/mol. The first kappa shape index (κ1) is 20.2. The van der Waals surface area contributed by atoms with E-state index in [1.165, 1.54) is 42.9 Å². The predicted molar refractivity (Wildman–Crippen MR) is 95.7 cm³/mol. The molecule has 0 saturated heterocycles. The second-order valence-electron chi connectivity index (χ2n) is 5.90. The number of nitrogens with zero attached hydrogens (tertiary/aromatic N) is 1. The Hall–Kier alpha value is -2.51. The minimum atomic E-state index is -4.27. The largest absolute Gasteiger partial charge is 0.497 e. The Morgan fingerprint density at radius 3 is 2.46 bits per heavy atom. The highest BCUT2D eigenvalue weighted by atomic mass is 32.2. The van der Waals surface area contributed by atoms with Crippen LogP contribution in [-0.4, -0.2) is 53.2 Å². The SMILES string of the molecule is COc1ccc(S(=O)(=O)N2Cc3cc(C(=O)O)sc3[C@H](O)[C@@H]2C(=O)NO)cc1. The summed E-state index contributed by atoms with van der Waals surface area (Å²) in [6.45, 7) is -0.345. The number of benzene rings is 1. The summed E-state index contributed by atoms with van der Waals surface area (Å²) in [5.74, 6) is -1.95. The number of rotatable bonds is 5. The Morgan fingerprint density at radius 1 is 1.29 bits per heavy atom. The number of hydrogen-bond donors (Lipinski definition) is 4. The molecule has 0 saturated carbocycles. The lowest BCUT2D eigenvalue weighted by Crippen LogP contribution is -2.53. The number of carbonyl (C=O) groups is 2. The lowest BCUT2D eigenvalue weighted by molar-refractivity contribution is -0.137. The standard InChI is InChI=1S/C16H16N2O8S2/c1-26-9-2-4-10(5-3-9)28(24,25)18-7-8-6-11(16(21)22)27-14(8)13(19)12(18)15(20)17-23/h2-6,12-13,19,23H,7H2,1H3,(H,17,20)(H,21,22)/t12-,13-/m1/s1. The molecule has 150 valence electrons. The number of methoxy groups -OCH3 is 1. The average molecular weight is 428 g/mol. The van der Waals surface area contributed by atoms with Crippen LogP contribution in [0.5, 0.6) is 5.75 Å². The highest BCUT2D eigenvalue weighted by molar-refractivity contribution is 7.89. The van der Waals surface area contributed by atoms with Crippen molar-refractivity contribution in [1.29, 1.82) is 0 Å². The number of hydrogen-bond acceptors (Lipinski definition) is 8. The molecule has 1 amide bonds. The Bertz CT molecular complexity index is 1020. The molecule has 12 heteroatoms. The third-order valence-corrected chi connectivity index (χ3v) is 7.38. The van der Waals surface area contributed by atoms with Gasteiger partial charge in [0, 0.05) is 11.4 Å². The maximum absolute atomic E-state index is 13.1. The number of aliphatic hydroxyl groups is 1. The van der Waals surface area contributed by atoms with Gasteiger partial charge in [0.05, 0.1) is 12.0 Å². The van der Waals surface area contributed by atoms with E-state index in [2.05, 4.69) is 0 Å². The van der Waals surface area contributed by atoms with Gasteiger partial charge in [0.2, 0.25) is 10.0 Å². The van der Waals surface area contributed by atoms with Crippen molar-refractivity contribution in [2.24, 2.45) is 0 Å². The summed E-state index contributed by atoms with van der Waals surface area (Å²) in [4.78, 5) is 23.3. The number of ether oxygens (including phenoxy) is 1. The van der Waals surface area contributed by atoms with Crippen LogP contribution < -0.4 is 10.2 Å². The summed E-state index contributed by atoms with van der Waals surface area (Å²) < 4.78 is 31.9. The fourth-order valence-electron chi connectivity index (χ4n) is 2.95. The van der Waals surface area contributed by atoms with Gasteiger partial charge in [0.15, 0.2) is 0 Å². The Morgan fingerprint density at radius 2 is 1.93 bits per heavy atom. The number of aliphatic hydroxyl groups excluding tert-OH is 1. The molecule has 2 heterocycles. The van der Waals surface area contributed by atoms with E-state index >= 15 is 0 Å². The third-order valence-electron chi connectivity index (χ3n) is 4.30. The van der Waals surface area contributed by atoms with Crippen molar-refractivity contribution in [2.75, 3.05) is 7.11 Å². The zero-order chi connectivity index (χ0) is 20.6. The highest BCUT2D eigenvalue weighted by Gasteiger charge is 2.46. The van der Waals surface area contributed by atoms with Crippen molar-refractivity contribution in [3.05, 3.63) is 45.6 Å². The second kappa shape index (κ2) is 7.48. The van der Waals surface area contributed by atoms with Crippen LogP contribution in [0.25, 0.3) is 0 Å². The molecule has 10 nitrogen and oxygen atoms in total. The molecule has 0 unspecified atom stereocenters. The number of hydroxylamine groups is 1. The molecular weight excluding hydrogens is 412 g/mol. The molecule has 1 aromatic carbocycles. The van der Waals surface area contributed by atoms with Crippen molar-refractivity contribution in [3.8, 4) is 5.75 Å². The van der Waals surface area contributed by atoms with E-state index in [0.717, 1.165) is 15.6 Å². The molecular formula is C16H16N2O8S2. The van der Waals surface area contributed by atoms with E-state index in [1.54, 1.807) is 0 Å². The van der Waals surface area contributed by atoms with Gasteiger partial charge in [0.25, 0.3) is 5.91 Å². The van der Waals surface area contributed by atoms with Crippen LogP contribution in [0.2, 0.25) is 0 Å². The molecule has 0 fully saturated rings. The third kappa shape index (κ3) is 3.36. The molecule has 4 N–H and O–H groups in total. The molecule has 2 atom stereocenters. The molecule has 0 radical (unpaired) electrons. The summed E-state index contributed by atoms with van der Waals surface area (Å²) in [7, 11) is -2.85. The Balaban J connectivity index is 2.10. The average Bonchev–Trinajstić information content (AvgIpc) is 3.12. The van der Waals surface area contributed by atoms with Crippen molar-refractivity contribution in [3.63, 3.8) is 0 Å². The van der Waals surface area contributed by atoms with Gasteiger partial charge in [-0.15, -0.1) is 11.3 Å². The summed E-state index contributed by atoms with van der Waals surface area (Å²) in [6, 6.07) is 4.99. The molecule has 1 aliphatic heterocycles. The fourth-order valence-corrected chi connectivity index (χ4v) is 5.55. The summed E-state index contributed by atoms with van der Waals surface area (Å²) in [5.41, 5.74) is 1.63. The summed E-state index contributed by atoms with van der Waals surface area (Å²) >= 11 is 0.747. The van der Waals surface area contributed by atoms with E-state index in [9.17, 15) is 23.1 Å². The van der Waals surface area contributed by atoms with Gasteiger partial charge in [-0.3, -0.25) is 10.0 Å². The number of carbonyl (C=O) groups excluding carboxylic acids is 1. The van der Waals surface area contributed by atoms with Crippen LogP contribution in [0.1, 0.15) is 26.2 Å². The molecule has 0 spiro atoms. The highest BCUT2D eigenvalue weighted by Crippen LogP contribution is 2.40. The van der Waals surface area contributed by atoms with Crippen molar-refractivity contribution < 1.29 is 38.2 Å². The first-order valence-corrected chi connectivity index (χ1v) is 10.1. The molecule has 1 aromatic heterocycles. The van der Waals surface area contributed by atoms with Crippen LogP contribution >= 0.6 is 11.3 Å². The number of thiophene rings is 1. The van der Waals surface area contributed by atoms with Gasteiger partial charge in [-0.1, -0.05) is 0 Å². The van der Waals surface area contributed by atoms with Crippen molar-refractivity contribution in [2.45, 2.75) is 23.6 Å². The summed E-state index contributed by atoms with van der Waals surface area (Å²) in [6.07, 6.45) is -1.65. The normalized spacial score (nSPS) is 19.7. The van der Waals surface area contributed by atoms with E-state index in [1.807, 2.05) is 0 Å². The number of carboxylic acid groups (broad SMARTS) is 1. The van der Waals surface area contributed by atoms with E-state index in [-0.39, 0.29) is 26.8 Å². The number of sulfonamides is 1. The van der Waals surface area contributed by atoms with Crippen LogP contribution in [0, 0.1) is 0 Å². The number of fused-ring (bicyclic) bond motifs is 1. The molecule has 0 bridgehead atoms. The second-order valence-corrected chi connectivity index (χ2v) is 8.87. The van der Waals surface area contributed by atoms with Crippen molar-refractivity contribution in [1.82, 2.24) is 9.79 Å². The first-order valence-electron chi connectivity index (χ1n) is 7.84. The maximum Gasteiger partial charge on any atom is 0.345 e. The number of aromatic carboxylic acids is 1. The van der Waals surface area contributed by atoms with Crippen molar-refractivity contribution >= 4 is 33.2 Å². The van der Waals surface area contributed by atoms with Gasteiger partial charge >= 0.3 is 5.97 Å². The number of nitrogens with one attached hydrogen (secondary N) is 1. The predicted octanol–water partition coefficient (Wildman–Crippen LogP) is 0.567. The summed E-state index contributed by atoms with van der Waals surface area (Å²) in [5, 5.41) is 28.8. The topological polar surface area (TPSA) is 153 Å². The zero-order valence-electron chi connectivity index (χ0n) is 14.4. The Kier molecular flexibility index (Phi) is 5.41. The number of amides is 1. The van der Waals surface area contributed by atoms with Crippen LogP contribution in [0.3, 0.4) is 0 Å². The smallest absolute Gasteiger partial charge is 0.345 e. The van der Waals surface area contributed by atoms with Gasteiger partial charge in [-0.25, -0.2) is 18.7 Å².